The Morgan fingerprint density at radius 2 is 2.12 bits per heavy atom. The molecule has 5 nitrogen and oxygen atoms in total. The van der Waals surface area contributed by atoms with Crippen LogP contribution in [0.5, 0.6) is 0 Å². The number of β-amino-alcohol motifs (C(OH)–C–C–N with tert-alkyl or cyclic N) is 2. The van der Waals surface area contributed by atoms with Crippen molar-refractivity contribution in [2.45, 2.75) is 12.2 Å². The molecule has 5 heteroatoms. The second-order valence-corrected chi connectivity index (χ2v) is 3.73. The Balaban J connectivity index is 1.94. The zero-order valence-corrected chi connectivity index (χ0v) is 8.61. The molecule has 86 valence electrons. The fourth-order valence-corrected chi connectivity index (χ4v) is 1.59. The first-order valence-electron chi connectivity index (χ1n) is 5.03. The summed E-state index contributed by atoms with van der Waals surface area (Å²) in [4.78, 5) is 13.0. The smallest absolute Gasteiger partial charge is 0.246 e. The van der Waals surface area contributed by atoms with Gasteiger partial charge >= 0.3 is 0 Å². The second-order valence-electron chi connectivity index (χ2n) is 3.73. The van der Waals surface area contributed by atoms with Crippen molar-refractivity contribution in [2.24, 2.45) is 0 Å². The molecule has 1 saturated heterocycles. The number of nitrogens with zero attached hydrogens (tertiary/aromatic N) is 1. The van der Waals surface area contributed by atoms with Crippen molar-refractivity contribution in [2.75, 3.05) is 13.1 Å². The predicted molar refractivity (Wildman–Crippen MR) is 56.3 cm³/mol. The number of aliphatic hydroxyl groups excluding tert-OH is 2. The van der Waals surface area contributed by atoms with Gasteiger partial charge in [0.05, 0.1) is 18.5 Å². The minimum Gasteiger partial charge on any atom is -0.465 e. The van der Waals surface area contributed by atoms with Gasteiger partial charge in [0, 0.05) is 19.2 Å². The van der Waals surface area contributed by atoms with Crippen molar-refractivity contribution in [1.29, 1.82) is 0 Å². The maximum atomic E-state index is 11.6. The highest BCUT2D eigenvalue weighted by Gasteiger charge is 2.31. The molecule has 2 heterocycles. The zero-order chi connectivity index (χ0) is 11.5. The number of carbonyl (C=O) groups excluding carboxylic acids is 1. The topological polar surface area (TPSA) is 73.9 Å². The summed E-state index contributed by atoms with van der Waals surface area (Å²) in [6.07, 6.45) is 2.75. The summed E-state index contributed by atoms with van der Waals surface area (Å²) < 4.78 is 5.03. The van der Waals surface area contributed by atoms with Crippen LogP contribution in [0, 0.1) is 0 Å². The molecule has 2 atom stereocenters. The van der Waals surface area contributed by atoms with Crippen LogP contribution in [0.1, 0.15) is 5.76 Å². The first-order valence-corrected chi connectivity index (χ1v) is 5.03. The Bertz CT molecular complexity index is 375. The van der Waals surface area contributed by atoms with Crippen molar-refractivity contribution < 1.29 is 19.4 Å². The van der Waals surface area contributed by atoms with Crippen LogP contribution in [-0.2, 0) is 4.79 Å². The molecule has 0 aromatic carbocycles. The van der Waals surface area contributed by atoms with Crippen LogP contribution < -0.4 is 0 Å². The molecule has 16 heavy (non-hydrogen) atoms. The largest absolute Gasteiger partial charge is 0.465 e. The van der Waals surface area contributed by atoms with E-state index in [0.29, 0.717) is 5.76 Å². The van der Waals surface area contributed by atoms with Crippen molar-refractivity contribution in [3.05, 3.63) is 30.2 Å². The average molecular weight is 223 g/mol. The van der Waals surface area contributed by atoms with Crippen LogP contribution in [0.25, 0.3) is 6.08 Å². The van der Waals surface area contributed by atoms with E-state index in [1.807, 2.05) is 0 Å². The lowest BCUT2D eigenvalue weighted by Gasteiger charge is -2.11. The van der Waals surface area contributed by atoms with Crippen LogP contribution in [-0.4, -0.2) is 46.3 Å². The molecule has 1 amide bonds. The van der Waals surface area contributed by atoms with Crippen LogP contribution >= 0.6 is 0 Å². The third-order valence-corrected chi connectivity index (χ3v) is 2.50. The normalized spacial score (nSPS) is 25.5. The van der Waals surface area contributed by atoms with E-state index in [0.717, 1.165) is 0 Å². The monoisotopic (exact) mass is 223 g/mol. The van der Waals surface area contributed by atoms with E-state index in [4.69, 9.17) is 4.42 Å². The summed E-state index contributed by atoms with van der Waals surface area (Å²) >= 11 is 0. The summed E-state index contributed by atoms with van der Waals surface area (Å²) in [5.74, 6) is 0.348. The quantitative estimate of drug-likeness (QED) is 0.684. The molecular weight excluding hydrogens is 210 g/mol. The molecule has 2 unspecified atom stereocenters. The molecule has 1 aliphatic heterocycles. The van der Waals surface area contributed by atoms with Crippen molar-refractivity contribution in [3.8, 4) is 0 Å². The number of likely N-dealkylation sites (tertiary alicyclic amines) is 1. The van der Waals surface area contributed by atoms with Crippen molar-refractivity contribution in [3.63, 3.8) is 0 Å². The second kappa shape index (κ2) is 4.51. The van der Waals surface area contributed by atoms with Crippen molar-refractivity contribution >= 4 is 12.0 Å². The average Bonchev–Trinajstić information content (AvgIpc) is 2.86. The van der Waals surface area contributed by atoms with E-state index in [1.54, 1.807) is 18.2 Å². The SMILES string of the molecule is O=C(/C=C/c1ccco1)N1CC(O)C(O)C1. The third kappa shape index (κ3) is 2.32. The van der Waals surface area contributed by atoms with Gasteiger partial charge in [0.25, 0.3) is 0 Å². The summed E-state index contributed by atoms with van der Waals surface area (Å²) in [6.45, 7) is 0.338. The van der Waals surface area contributed by atoms with Crippen LogP contribution in [0.2, 0.25) is 0 Å². The maximum absolute atomic E-state index is 11.6. The summed E-state index contributed by atoms with van der Waals surface area (Å²) in [5.41, 5.74) is 0. The van der Waals surface area contributed by atoms with Crippen LogP contribution in [0.4, 0.5) is 0 Å². The van der Waals surface area contributed by atoms with Crippen LogP contribution in [0.3, 0.4) is 0 Å². The highest BCUT2D eigenvalue weighted by atomic mass is 16.3. The molecule has 0 aliphatic carbocycles. The fraction of sp³-hybridized carbons (Fsp3) is 0.364. The molecule has 2 N–H and O–H groups in total. The highest BCUT2D eigenvalue weighted by Crippen LogP contribution is 2.11. The molecule has 1 fully saturated rings. The minimum atomic E-state index is -0.846. The number of hydrogen-bond donors (Lipinski definition) is 2. The van der Waals surface area contributed by atoms with Crippen molar-refractivity contribution in [1.82, 2.24) is 4.90 Å². The molecule has 1 aromatic rings. The molecule has 1 aromatic heterocycles. The van der Waals surface area contributed by atoms with Crippen LogP contribution in [0.15, 0.2) is 28.9 Å². The number of aliphatic hydroxyl groups is 2. The number of amides is 1. The standard InChI is InChI=1S/C11H13NO4/c13-9-6-12(7-10(9)14)11(15)4-3-8-2-1-5-16-8/h1-5,9-10,13-14H,6-7H2/b4-3+. The van der Waals surface area contributed by atoms with Gasteiger partial charge in [0.1, 0.15) is 5.76 Å². The Morgan fingerprint density at radius 3 is 2.69 bits per heavy atom. The van der Waals surface area contributed by atoms with Gasteiger partial charge in [-0.2, -0.15) is 0 Å². The maximum Gasteiger partial charge on any atom is 0.246 e. The van der Waals surface area contributed by atoms with Gasteiger partial charge in [0.2, 0.25) is 5.91 Å². The predicted octanol–water partition coefficient (Wildman–Crippen LogP) is -0.143. The van der Waals surface area contributed by atoms with Gasteiger partial charge in [-0.1, -0.05) is 0 Å². The molecule has 0 radical (unpaired) electrons. The molecule has 0 saturated carbocycles. The number of carbonyl (C=O) groups is 1. The Morgan fingerprint density at radius 1 is 1.44 bits per heavy atom. The number of hydrogen-bond acceptors (Lipinski definition) is 4. The Labute approximate surface area is 92.6 Å². The first kappa shape index (κ1) is 10.9. The molecule has 1 aliphatic rings. The Kier molecular flexibility index (Phi) is 3.07. The van der Waals surface area contributed by atoms with Gasteiger partial charge in [-0.15, -0.1) is 0 Å². The van der Waals surface area contributed by atoms with Gasteiger partial charge in [-0.3, -0.25) is 4.79 Å². The van der Waals surface area contributed by atoms with Gasteiger partial charge in [-0.25, -0.2) is 0 Å². The van der Waals surface area contributed by atoms with Gasteiger partial charge in [0.15, 0.2) is 0 Å². The highest BCUT2D eigenvalue weighted by molar-refractivity contribution is 5.91. The van der Waals surface area contributed by atoms with E-state index in [1.165, 1.54) is 17.2 Å². The molecule has 2 rings (SSSR count). The fourth-order valence-electron chi connectivity index (χ4n) is 1.59. The van der Waals surface area contributed by atoms with E-state index < -0.39 is 12.2 Å². The molecule has 0 bridgehead atoms. The summed E-state index contributed by atoms with van der Waals surface area (Å²) in [5, 5.41) is 18.6. The Hall–Kier alpha value is -1.59. The summed E-state index contributed by atoms with van der Waals surface area (Å²) in [7, 11) is 0. The van der Waals surface area contributed by atoms with Gasteiger partial charge in [-0.05, 0) is 18.2 Å². The number of rotatable bonds is 2. The first-order chi connectivity index (χ1) is 7.66. The zero-order valence-electron chi connectivity index (χ0n) is 8.61. The lowest BCUT2D eigenvalue weighted by molar-refractivity contribution is -0.125. The minimum absolute atomic E-state index is 0.169. The third-order valence-electron chi connectivity index (χ3n) is 2.50. The number of furan rings is 1. The summed E-state index contributed by atoms with van der Waals surface area (Å²) in [6, 6.07) is 3.46. The van der Waals surface area contributed by atoms with Gasteiger partial charge < -0.3 is 19.5 Å². The lowest BCUT2D eigenvalue weighted by Crippen LogP contribution is -2.27. The molecule has 0 spiro atoms. The van der Waals surface area contributed by atoms with E-state index >= 15 is 0 Å². The molecular formula is C11H13NO4. The van der Waals surface area contributed by atoms with E-state index in [9.17, 15) is 15.0 Å². The lowest BCUT2D eigenvalue weighted by atomic mass is 10.3. The van der Waals surface area contributed by atoms with E-state index in [2.05, 4.69) is 0 Å². The van der Waals surface area contributed by atoms with E-state index in [-0.39, 0.29) is 19.0 Å².